The van der Waals surface area contributed by atoms with Gasteiger partial charge in [-0.1, -0.05) is 12.1 Å². The van der Waals surface area contributed by atoms with Crippen LogP contribution in [0.1, 0.15) is 19.5 Å². The van der Waals surface area contributed by atoms with Crippen molar-refractivity contribution in [2.45, 2.75) is 26.9 Å². The van der Waals surface area contributed by atoms with Crippen molar-refractivity contribution in [1.82, 2.24) is 9.38 Å². The average Bonchev–Trinajstić information content (AvgIpc) is 2.81. The van der Waals surface area contributed by atoms with E-state index < -0.39 is 0 Å². The fraction of sp³-hybridized carbons (Fsp3) is 0.235. The van der Waals surface area contributed by atoms with Crippen LogP contribution in [0.5, 0.6) is 5.75 Å². The summed E-state index contributed by atoms with van der Waals surface area (Å²) in [4.78, 5) is 4.35. The maximum Gasteiger partial charge on any atom is 0.182 e. The van der Waals surface area contributed by atoms with Crippen LogP contribution in [0, 0.1) is 12.7 Å². The number of aryl methyl sites for hydroxylation is 1. The quantitative estimate of drug-likeness (QED) is 0.638. The van der Waals surface area contributed by atoms with Gasteiger partial charge in [-0.25, -0.2) is 9.37 Å². The van der Waals surface area contributed by atoms with Gasteiger partial charge in [-0.05, 0) is 45.0 Å². The molecule has 0 aliphatic rings. The molecule has 0 atom stereocenters. The minimum atomic E-state index is -0.352. The van der Waals surface area contributed by atoms with E-state index in [1.807, 2.05) is 45.0 Å². The van der Waals surface area contributed by atoms with E-state index in [1.54, 1.807) is 10.5 Å². The van der Waals surface area contributed by atoms with Crippen LogP contribution >= 0.6 is 0 Å². The average molecular weight is 312 g/mol. The molecule has 1 aromatic carbocycles. The lowest BCUT2D eigenvalue weighted by Gasteiger charge is -2.10. The number of ether oxygens (including phenoxy) is 1. The Balaban J connectivity index is 2.01. The van der Waals surface area contributed by atoms with Crippen LogP contribution < -0.4 is 4.74 Å². The highest BCUT2D eigenvalue weighted by atomic mass is 19.1. The third-order valence-corrected chi connectivity index (χ3v) is 3.21. The molecule has 6 heteroatoms. The molecule has 118 valence electrons. The van der Waals surface area contributed by atoms with Crippen molar-refractivity contribution in [3.8, 4) is 5.75 Å². The predicted octanol–water partition coefficient (Wildman–Crippen LogP) is 4.98. The van der Waals surface area contributed by atoms with Crippen LogP contribution in [0.15, 0.2) is 52.8 Å². The van der Waals surface area contributed by atoms with E-state index in [0.29, 0.717) is 28.6 Å². The number of halogens is 1. The third-order valence-electron chi connectivity index (χ3n) is 3.21. The summed E-state index contributed by atoms with van der Waals surface area (Å²) in [5.41, 5.74) is 1.93. The molecule has 23 heavy (non-hydrogen) atoms. The van der Waals surface area contributed by atoms with E-state index in [0.717, 1.165) is 0 Å². The first-order valence-electron chi connectivity index (χ1n) is 7.36. The van der Waals surface area contributed by atoms with Crippen molar-refractivity contribution in [3.63, 3.8) is 0 Å². The molecule has 0 amide bonds. The summed E-state index contributed by atoms with van der Waals surface area (Å²) in [6.45, 7) is 5.71. The van der Waals surface area contributed by atoms with Crippen LogP contribution in [0.3, 0.4) is 0 Å². The Morgan fingerprint density at radius 2 is 1.91 bits per heavy atom. The molecule has 0 radical (unpaired) electrons. The Morgan fingerprint density at radius 1 is 1.13 bits per heavy atom. The molecule has 0 spiro atoms. The van der Waals surface area contributed by atoms with E-state index >= 15 is 0 Å². The molecular formula is C17H17FN4O. The highest BCUT2D eigenvalue weighted by Gasteiger charge is 2.10. The summed E-state index contributed by atoms with van der Waals surface area (Å²) >= 11 is 0. The highest BCUT2D eigenvalue weighted by molar-refractivity contribution is 5.54. The number of nitrogens with zero attached hydrogens (tertiary/aromatic N) is 4. The second-order valence-electron chi connectivity index (χ2n) is 5.43. The van der Waals surface area contributed by atoms with Gasteiger partial charge in [-0.2, -0.15) is 0 Å². The molecule has 0 unspecified atom stereocenters. The molecule has 3 rings (SSSR count). The lowest BCUT2D eigenvalue weighted by Crippen LogP contribution is -2.05. The standard InChI is InChI=1S/C17H17FN4O/c1-11(2)23-15-7-5-4-6-14(15)20-21-17-12(3)19-16-9-8-13(18)10-22(16)17/h4-11H,1-3H3. The molecule has 5 nitrogen and oxygen atoms in total. The van der Waals surface area contributed by atoms with Crippen molar-refractivity contribution in [2.75, 3.05) is 0 Å². The predicted molar refractivity (Wildman–Crippen MR) is 86.3 cm³/mol. The number of fused-ring (bicyclic) bond motifs is 1. The second-order valence-corrected chi connectivity index (χ2v) is 5.43. The number of hydrogen-bond donors (Lipinski definition) is 0. The van der Waals surface area contributed by atoms with Crippen LogP contribution in [0.25, 0.3) is 5.65 Å². The highest BCUT2D eigenvalue weighted by Crippen LogP contribution is 2.30. The molecule has 3 aromatic rings. The Labute approximate surface area is 133 Å². The monoisotopic (exact) mass is 312 g/mol. The van der Waals surface area contributed by atoms with E-state index in [1.165, 1.54) is 12.3 Å². The second kappa shape index (κ2) is 6.16. The van der Waals surface area contributed by atoms with Crippen molar-refractivity contribution in [2.24, 2.45) is 10.2 Å². The first kappa shape index (κ1) is 15.1. The van der Waals surface area contributed by atoms with Crippen molar-refractivity contribution < 1.29 is 9.13 Å². The fourth-order valence-corrected chi connectivity index (χ4v) is 2.24. The maximum absolute atomic E-state index is 13.5. The number of hydrogen-bond acceptors (Lipinski definition) is 4. The van der Waals surface area contributed by atoms with Gasteiger partial charge in [0.05, 0.1) is 11.8 Å². The van der Waals surface area contributed by atoms with Crippen LogP contribution in [-0.2, 0) is 0 Å². The van der Waals surface area contributed by atoms with Gasteiger partial charge in [0.25, 0.3) is 0 Å². The summed E-state index contributed by atoms with van der Waals surface area (Å²) in [6, 6.07) is 10.4. The zero-order valence-electron chi connectivity index (χ0n) is 13.2. The molecule has 0 saturated heterocycles. The minimum Gasteiger partial charge on any atom is -0.489 e. The van der Waals surface area contributed by atoms with Gasteiger partial charge in [-0.3, -0.25) is 4.40 Å². The third kappa shape index (κ3) is 3.21. The molecule has 0 fully saturated rings. The largest absolute Gasteiger partial charge is 0.489 e. The summed E-state index contributed by atoms with van der Waals surface area (Å²) < 4.78 is 20.8. The number of pyridine rings is 1. The summed E-state index contributed by atoms with van der Waals surface area (Å²) in [5, 5.41) is 8.51. The van der Waals surface area contributed by atoms with Crippen LogP contribution in [0.4, 0.5) is 15.9 Å². The smallest absolute Gasteiger partial charge is 0.182 e. The number of aromatic nitrogens is 2. The molecule has 0 saturated carbocycles. The fourth-order valence-electron chi connectivity index (χ4n) is 2.24. The van der Waals surface area contributed by atoms with Gasteiger partial charge >= 0.3 is 0 Å². The van der Waals surface area contributed by atoms with Crippen molar-refractivity contribution in [3.05, 3.63) is 54.1 Å². The van der Waals surface area contributed by atoms with Gasteiger partial charge in [0.1, 0.15) is 22.9 Å². The van der Waals surface area contributed by atoms with Gasteiger partial charge in [0.15, 0.2) is 5.82 Å². The molecule has 2 heterocycles. The maximum atomic E-state index is 13.5. The number of benzene rings is 1. The van der Waals surface area contributed by atoms with Crippen molar-refractivity contribution in [1.29, 1.82) is 0 Å². The topological polar surface area (TPSA) is 51.2 Å². The van der Waals surface area contributed by atoms with E-state index in [-0.39, 0.29) is 11.9 Å². The SMILES string of the molecule is Cc1nc2ccc(F)cn2c1N=Nc1ccccc1OC(C)C. The zero-order chi connectivity index (χ0) is 16.4. The normalized spacial score (nSPS) is 11.7. The summed E-state index contributed by atoms with van der Waals surface area (Å²) in [5.74, 6) is 0.803. The van der Waals surface area contributed by atoms with E-state index in [4.69, 9.17) is 4.74 Å². The van der Waals surface area contributed by atoms with Crippen molar-refractivity contribution >= 4 is 17.2 Å². The molecule has 0 aliphatic carbocycles. The number of azo groups is 1. The Morgan fingerprint density at radius 3 is 2.70 bits per heavy atom. The summed E-state index contributed by atoms with van der Waals surface area (Å²) in [6.07, 6.45) is 1.39. The van der Waals surface area contributed by atoms with Crippen LogP contribution in [-0.4, -0.2) is 15.5 Å². The molecule has 0 aliphatic heterocycles. The zero-order valence-corrected chi connectivity index (χ0v) is 13.2. The van der Waals surface area contributed by atoms with Gasteiger partial charge in [0.2, 0.25) is 0 Å². The summed E-state index contributed by atoms with van der Waals surface area (Å²) in [7, 11) is 0. The minimum absolute atomic E-state index is 0.0398. The molecule has 0 bridgehead atoms. The molecule has 2 aromatic heterocycles. The van der Waals surface area contributed by atoms with Gasteiger partial charge in [0, 0.05) is 6.20 Å². The number of para-hydroxylation sites is 1. The first-order valence-corrected chi connectivity index (χ1v) is 7.36. The van der Waals surface area contributed by atoms with E-state index in [2.05, 4.69) is 15.2 Å². The lowest BCUT2D eigenvalue weighted by atomic mass is 10.3. The number of rotatable bonds is 4. The number of imidazole rings is 1. The Hall–Kier alpha value is -2.76. The van der Waals surface area contributed by atoms with Crippen LogP contribution in [0.2, 0.25) is 0 Å². The molecule has 0 N–H and O–H groups in total. The van der Waals surface area contributed by atoms with E-state index in [9.17, 15) is 4.39 Å². The lowest BCUT2D eigenvalue weighted by molar-refractivity contribution is 0.243. The van der Waals surface area contributed by atoms with Gasteiger partial charge < -0.3 is 4.74 Å². The first-order chi connectivity index (χ1) is 11.0. The Kier molecular flexibility index (Phi) is 4.06. The van der Waals surface area contributed by atoms with Gasteiger partial charge in [-0.15, -0.1) is 10.2 Å². The molecular weight excluding hydrogens is 295 g/mol. The Bertz CT molecular complexity index is 870.